The molecule has 1 aliphatic rings. The minimum absolute atomic E-state index is 0.234. The van der Waals surface area contributed by atoms with E-state index in [9.17, 15) is 4.79 Å². The Morgan fingerprint density at radius 2 is 1.71 bits per heavy atom. The predicted molar refractivity (Wildman–Crippen MR) is 111 cm³/mol. The SMILES string of the molecule is COc1ccc(CN2CCCN(C(=O)CCc3ccccc3OC)CC2)cc1. The maximum absolute atomic E-state index is 12.7. The van der Waals surface area contributed by atoms with Crippen molar-refractivity contribution in [2.75, 3.05) is 40.4 Å². The number of carbonyl (C=O) groups is 1. The molecule has 0 radical (unpaired) electrons. The van der Waals surface area contributed by atoms with Gasteiger partial charge >= 0.3 is 0 Å². The number of benzene rings is 2. The van der Waals surface area contributed by atoms with Crippen LogP contribution < -0.4 is 9.47 Å². The average Bonchev–Trinajstić information content (AvgIpc) is 2.98. The van der Waals surface area contributed by atoms with Gasteiger partial charge in [0.25, 0.3) is 0 Å². The van der Waals surface area contributed by atoms with Crippen LogP contribution in [0, 0.1) is 0 Å². The summed E-state index contributed by atoms with van der Waals surface area (Å²) in [5.74, 6) is 1.97. The lowest BCUT2D eigenvalue weighted by atomic mass is 10.1. The van der Waals surface area contributed by atoms with E-state index in [1.54, 1.807) is 14.2 Å². The van der Waals surface area contributed by atoms with Crippen molar-refractivity contribution in [2.45, 2.75) is 25.8 Å². The molecule has 0 atom stereocenters. The highest BCUT2D eigenvalue weighted by atomic mass is 16.5. The first-order valence-electron chi connectivity index (χ1n) is 9.94. The number of para-hydroxylation sites is 1. The third-order valence-corrected chi connectivity index (χ3v) is 5.31. The number of hydrogen-bond donors (Lipinski definition) is 0. The van der Waals surface area contributed by atoms with Crippen molar-refractivity contribution in [1.82, 2.24) is 9.80 Å². The fourth-order valence-electron chi connectivity index (χ4n) is 3.68. The number of amides is 1. The molecule has 1 heterocycles. The molecule has 0 spiro atoms. The van der Waals surface area contributed by atoms with Crippen LogP contribution in [0.2, 0.25) is 0 Å². The fourth-order valence-corrected chi connectivity index (χ4v) is 3.68. The molecule has 0 bridgehead atoms. The van der Waals surface area contributed by atoms with Gasteiger partial charge in [-0.05, 0) is 42.2 Å². The molecule has 5 nitrogen and oxygen atoms in total. The second kappa shape index (κ2) is 10.1. The number of aryl methyl sites for hydroxylation is 1. The zero-order chi connectivity index (χ0) is 19.8. The molecule has 0 aliphatic carbocycles. The van der Waals surface area contributed by atoms with Gasteiger partial charge in [-0.1, -0.05) is 30.3 Å². The van der Waals surface area contributed by atoms with Crippen molar-refractivity contribution in [2.24, 2.45) is 0 Å². The topological polar surface area (TPSA) is 42.0 Å². The molecule has 0 saturated carbocycles. The van der Waals surface area contributed by atoms with Gasteiger partial charge in [0.05, 0.1) is 14.2 Å². The lowest BCUT2D eigenvalue weighted by Crippen LogP contribution is -2.35. The van der Waals surface area contributed by atoms with Gasteiger partial charge in [0.15, 0.2) is 0 Å². The van der Waals surface area contributed by atoms with Crippen molar-refractivity contribution in [3.8, 4) is 11.5 Å². The molecule has 5 heteroatoms. The Labute approximate surface area is 167 Å². The van der Waals surface area contributed by atoms with Crippen molar-refractivity contribution < 1.29 is 14.3 Å². The van der Waals surface area contributed by atoms with Gasteiger partial charge in [-0.25, -0.2) is 0 Å². The van der Waals surface area contributed by atoms with Crippen molar-refractivity contribution in [3.63, 3.8) is 0 Å². The summed E-state index contributed by atoms with van der Waals surface area (Å²) in [7, 11) is 3.36. The Morgan fingerprint density at radius 1 is 0.929 bits per heavy atom. The molecule has 2 aromatic carbocycles. The van der Waals surface area contributed by atoms with Gasteiger partial charge in [0.2, 0.25) is 5.91 Å². The van der Waals surface area contributed by atoms with Crippen LogP contribution in [0.3, 0.4) is 0 Å². The molecular formula is C23H30N2O3. The van der Waals surface area contributed by atoms with E-state index in [0.29, 0.717) is 6.42 Å². The predicted octanol–water partition coefficient (Wildman–Crippen LogP) is 3.37. The average molecular weight is 383 g/mol. The third kappa shape index (κ3) is 5.49. The highest BCUT2D eigenvalue weighted by molar-refractivity contribution is 5.76. The lowest BCUT2D eigenvalue weighted by molar-refractivity contribution is -0.131. The molecule has 1 fully saturated rings. The van der Waals surface area contributed by atoms with E-state index in [1.165, 1.54) is 5.56 Å². The molecule has 1 saturated heterocycles. The highest BCUT2D eigenvalue weighted by Gasteiger charge is 2.19. The molecule has 1 aliphatic heterocycles. The first-order chi connectivity index (χ1) is 13.7. The Bertz CT molecular complexity index is 761. The maximum Gasteiger partial charge on any atom is 0.222 e. The zero-order valence-electron chi connectivity index (χ0n) is 16.9. The van der Waals surface area contributed by atoms with Crippen molar-refractivity contribution >= 4 is 5.91 Å². The molecule has 3 rings (SSSR count). The number of rotatable bonds is 7. The number of hydrogen-bond acceptors (Lipinski definition) is 4. The number of ether oxygens (including phenoxy) is 2. The summed E-state index contributed by atoms with van der Waals surface area (Å²) in [6, 6.07) is 16.1. The Kier molecular flexibility index (Phi) is 7.31. The Morgan fingerprint density at radius 3 is 2.46 bits per heavy atom. The molecule has 150 valence electrons. The molecule has 0 unspecified atom stereocenters. The number of carbonyl (C=O) groups excluding carboxylic acids is 1. The van der Waals surface area contributed by atoms with E-state index < -0.39 is 0 Å². The fraction of sp³-hybridized carbons (Fsp3) is 0.435. The van der Waals surface area contributed by atoms with Gasteiger partial charge in [-0.15, -0.1) is 0 Å². The van der Waals surface area contributed by atoms with E-state index >= 15 is 0 Å². The summed E-state index contributed by atoms with van der Waals surface area (Å²) in [4.78, 5) is 17.2. The van der Waals surface area contributed by atoms with Crippen LogP contribution in [-0.4, -0.2) is 56.1 Å². The summed E-state index contributed by atoms with van der Waals surface area (Å²) in [5, 5.41) is 0. The molecule has 1 amide bonds. The standard InChI is InChI=1S/C23H30N2O3/c1-27-21-11-8-19(9-12-21)18-24-14-5-15-25(17-16-24)23(26)13-10-20-6-3-4-7-22(20)28-2/h3-4,6-9,11-12H,5,10,13-18H2,1-2H3. The smallest absolute Gasteiger partial charge is 0.222 e. The van der Waals surface area contributed by atoms with E-state index in [4.69, 9.17) is 9.47 Å². The van der Waals surface area contributed by atoms with E-state index in [0.717, 1.165) is 62.6 Å². The largest absolute Gasteiger partial charge is 0.497 e. The van der Waals surface area contributed by atoms with Crippen LogP contribution in [-0.2, 0) is 17.8 Å². The monoisotopic (exact) mass is 382 g/mol. The molecular weight excluding hydrogens is 352 g/mol. The first kappa shape index (κ1) is 20.2. The Balaban J connectivity index is 1.49. The molecule has 28 heavy (non-hydrogen) atoms. The van der Waals surface area contributed by atoms with E-state index in [2.05, 4.69) is 17.0 Å². The first-order valence-corrected chi connectivity index (χ1v) is 9.94. The van der Waals surface area contributed by atoms with Crippen molar-refractivity contribution in [3.05, 3.63) is 59.7 Å². The molecule has 2 aromatic rings. The second-order valence-corrected chi connectivity index (χ2v) is 7.17. The van der Waals surface area contributed by atoms with Crippen LogP contribution >= 0.6 is 0 Å². The van der Waals surface area contributed by atoms with Gasteiger partial charge in [-0.3, -0.25) is 9.69 Å². The Hall–Kier alpha value is -2.53. The summed E-state index contributed by atoms with van der Waals surface area (Å²) in [6.45, 7) is 4.47. The lowest BCUT2D eigenvalue weighted by Gasteiger charge is -2.22. The molecule has 0 aromatic heterocycles. The summed E-state index contributed by atoms with van der Waals surface area (Å²) >= 11 is 0. The van der Waals surface area contributed by atoms with Crippen LogP contribution in [0.4, 0.5) is 0 Å². The van der Waals surface area contributed by atoms with Gasteiger partial charge in [-0.2, -0.15) is 0 Å². The quantitative estimate of drug-likeness (QED) is 0.736. The van der Waals surface area contributed by atoms with Gasteiger partial charge in [0.1, 0.15) is 11.5 Å². The van der Waals surface area contributed by atoms with Crippen LogP contribution in [0.1, 0.15) is 24.0 Å². The van der Waals surface area contributed by atoms with E-state index in [1.807, 2.05) is 41.3 Å². The second-order valence-electron chi connectivity index (χ2n) is 7.17. The summed E-state index contributed by atoms with van der Waals surface area (Å²) < 4.78 is 10.6. The minimum Gasteiger partial charge on any atom is -0.497 e. The highest BCUT2D eigenvalue weighted by Crippen LogP contribution is 2.20. The summed E-state index contributed by atoms with van der Waals surface area (Å²) in [6.07, 6.45) is 2.25. The molecule has 0 N–H and O–H groups in total. The van der Waals surface area contributed by atoms with E-state index in [-0.39, 0.29) is 5.91 Å². The van der Waals surface area contributed by atoms with Crippen LogP contribution in [0.25, 0.3) is 0 Å². The summed E-state index contributed by atoms with van der Waals surface area (Å²) in [5.41, 5.74) is 2.37. The third-order valence-electron chi connectivity index (χ3n) is 5.31. The van der Waals surface area contributed by atoms with Gasteiger partial charge in [0, 0.05) is 39.1 Å². The number of methoxy groups -OCH3 is 2. The minimum atomic E-state index is 0.234. The zero-order valence-corrected chi connectivity index (χ0v) is 16.9. The maximum atomic E-state index is 12.7. The number of nitrogens with zero attached hydrogens (tertiary/aromatic N) is 2. The normalized spacial score (nSPS) is 15.1. The van der Waals surface area contributed by atoms with Crippen LogP contribution in [0.5, 0.6) is 11.5 Å². The van der Waals surface area contributed by atoms with Crippen molar-refractivity contribution in [1.29, 1.82) is 0 Å². The van der Waals surface area contributed by atoms with Crippen LogP contribution in [0.15, 0.2) is 48.5 Å². The van der Waals surface area contributed by atoms with Gasteiger partial charge < -0.3 is 14.4 Å².